The molecule has 0 aliphatic carbocycles. The van der Waals surface area contributed by atoms with Gasteiger partial charge in [-0.15, -0.1) is 0 Å². The Morgan fingerprint density at radius 2 is 2.06 bits per heavy atom. The Morgan fingerprint density at radius 1 is 1.38 bits per heavy atom. The monoisotopic (exact) mass is 217 g/mol. The smallest absolute Gasteiger partial charge is 0.143 e. The summed E-state index contributed by atoms with van der Waals surface area (Å²) < 4.78 is 0. The molecule has 0 unspecified atom stereocenters. The van der Waals surface area contributed by atoms with Gasteiger partial charge < -0.3 is 5.32 Å². The van der Waals surface area contributed by atoms with E-state index in [1.807, 2.05) is 19.1 Å². The second-order valence-corrected chi connectivity index (χ2v) is 5.01. The standard InChI is InChI=1S/C13H19N3/c1-10-5-6-11(16-12(10)9-14)7-8-15-13(2,3)4/h5-6,15H,7-8H2,1-4H3. The molecule has 1 heterocycles. The van der Waals surface area contributed by atoms with Crippen LogP contribution in [0.15, 0.2) is 12.1 Å². The average molecular weight is 217 g/mol. The van der Waals surface area contributed by atoms with Crippen LogP contribution < -0.4 is 5.32 Å². The molecule has 0 fully saturated rings. The van der Waals surface area contributed by atoms with E-state index in [2.05, 4.69) is 37.1 Å². The molecule has 0 saturated carbocycles. The third-order valence-corrected chi connectivity index (χ3v) is 2.30. The van der Waals surface area contributed by atoms with E-state index in [1.165, 1.54) is 0 Å². The van der Waals surface area contributed by atoms with Crippen molar-refractivity contribution in [3.63, 3.8) is 0 Å². The van der Waals surface area contributed by atoms with Crippen LogP contribution >= 0.6 is 0 Å². The van der Waals surface area contributed by atoms with E-state index in [1.54, 1.807) is 0 Å². The van der Waals surface area contributed by atoms with Crippen LogP contribution in [0.5, 0.6) is 0 Å². The van der Waals surface area contributed by atoms with Crippen molar-refractivity contribution in [3.8, 4) is 6.07 Å². The summed E-state index contributed by atoms with van der Waals surface area (Å²) in [6, 6.07) is 6.05. The molecule has 0 aromatic carbocycles. The van der Waals surface area contributed by atoms with Gasteiger partial charge in [-0.3, -0.25) is 0 Å². The molecule has 1 N–H and O–H groups in total. The van der Waals surface area contributed by atoms with Gasteiger partial charge in [-0.1, -0.05) is 6.07 Å². The van der Waals surface area contributed by atoms with Crippen LogP contribution in [0.2, 0.25) is 0 Å². The number of pyridine rings is 1. The maximum Gasteiger partial charge on any atom is 0.143 e. The molecule has 0 bridgehead atoms. The highest BCUT2D eigenvalue weighted by Gasteiger charge is 2.08. The lowest BCUT2D eigenvalue weighted by Gasteiger charge is -2.20. The molecule has 0 atom stereocenters. The van der Waals surface area contributed by atoms with E-state index < -0.39 is 0 Å². The van der Waals surface area contributed by atoms with Crippen LogP contribution in [-0.4, -0.2) is 17.1 Å². The molecule has 0 spiro atoms. The molecule has 0 radical (unpaired) electrons. The zero-order chi connectivity index (χ0) is 12.2. The maximum atomic E-state index is 8.87. The van der Waals surface area contributed by atoms with Crippen molar-refractivity contribution in [2.24, 2.45) is 0 Å². The molecule has 1 aromatic heterocycles. The van der Waals surface area contributed by atoms with Gasteiger partial charge in [0.05, 0.1) is 0 Å². The van der Waals surface area contributed by atoms with Crippen molar-refractivity contribution in [2.75, 3.05) is 6.54 Å². The van der Waals surface area contributed by atoms with Crippen LogP contribution in [0.3, 0.4) is 0 Å². The third-order valence-electron chi connectivity index (χ3n) is 2.30. The second-order valence-electron chi connectivity index (χ2n) is 5.01. The molecular formula is C13H19N3. The van der Waals surface area contributed by atoms with E-state index in [0.29, 0.717) is 5.69 Å². The Kier molecular flexibility index (Phi) is 4.03. The molecule has 0 saturated heterocycles. The van der Waals surface area contributed by atoms with Gasteiger partial charge in [-0.25, -0.2) is 4.98 Å². The summed E-state index contributed by atoms with van der Waals surface area (Å²) in [5.41, 5.74) is 2.57. The Balaban J connectivity index is 2.59. The fourth-order valence-electron chi connectivity index (χ4n) is 1.39. The molecule has 0 amide bonds. The fraction of sp³-hybridized carbons (Fsp3) is 0.538. The number of aryl methyl sites for hydroxylation is 1. The van der Waals surface area contributed by atoms with E-state index in [0.717, 1.165) is 24.2 Å². The van der Waals surface area contributed by atoms with Crippen molar-refractivity contribution >= 4 is 0 Å². The highest BCUT2D eigenvalue weighted by molar-refractivity contribution is 5.31. The van der Waals surface area contributed by atoms with Crippen molar-refractivity contribution < 1.29 is 0 Å². The highest BCUT2D eigenvalue weighted by Crippen LogP contribution is 2.06. The number of hydrogen-bond acceptors (Lipinski definition) is 3. The van der Waals surface area contributed by atoms with E-state index >= 15 is 0 Å². The Hall–Kier alpha value is -1.40. The van der Waals surface area contributed by atoms with Gasteiger partial charge in [0, 0.05) is 24.2 Å². The highest BCUT2D eigenvalue weighted by atomic mass is 14.9. The SMILES string of the molecule is Cc1ccc(CCNC(C)(C)C)nc1C#N. The first kappa shape index (κ1) is 12.7. The quantitative estimate of drug-likeness (QED) is 0.844. The summed E-state index contributed by atoms with van der Waals surface area (Å²) in [6.07, 6.45) is 0.853. The Labute approximate surface area is 97.5 Å². The van der Waals surface area contributed by atoms with Gasteiger partial charge in [0.1, 0.15) is 11.8 Å². The predicted molar refractivity (Wildman–Crippen MR) is 65.1 cm³/mol. The van der Waals surface area contributed by atoms with Gasteiger partial charge in [-0.2, -0.15) is 5.26 Å². The summed E-state index contributed by atoms with van der Waals surface area (Å²) in [5.74, 6) is 0. The predicted octanol–water partition coefficient (Wildman–Crippen LogP) is 2.19. The van der Waals surface area contributed by atoms with E-state index in [4.69, 9.17) is 5.26 Å². The van der Waals surface area contributed by atoms with Crippen LogP contribution in [0.25, 0.3) is 0 Å². The average Bonchev–Trinajstić information content (AvgIpc) is 2.18. The number of nitrogens with one attached hydrogen (secondary N) is 1. The minimum absolute atomic E-state index is 0.128. The molecule has 16 heavy (non-hydrogen) atoms. The van der Waals surface area contributed by atoms with Crippen molar-refractivity contribution in [2.45, 2.75) is 39.7 Å². The molecule has 1 rings (SSSR count). The molecule has 3 nitrogen and oxygen atoms in total. The van der Waals surface area contributed by atoms with Crippen LogP contribution in [0.1, 0.15) is 37.7 Å². The lowest BCUT2D eigenvalue weighted by molar-refractivity contribution is 0.428. The summed E-state index contributed by atoms with van der Waals surface area (Å²) in [4.78, 5) is 4.31. The van der Waals surface area contributed by atoms with Gasteiger partial charge >= 0.3 is 0 Å². The van der Waals surface area contributed by atoms with Crippen LogP contribution in [-0.2, 0) is 6.42 Å². The molecule has 1 aromatic rings. The number of hydrogen-bond donors (Lipinski definition) is 1. The fourth-order valence-corrected chi connectivity index (χ4v) is 1.39. The molecule has 0 aliphatic rings. The lowest BCUT2D eigenvalue weighted by atomic mass is 10.1. The minimum atomic E-state index is 0.128. The van der Waals surface area contributed by atoms with Gasteiger partial charge in [0.25, 0.3) is 0 Å². The van der Waals surface area contributed by atoms with E-state index in [9.17, 15) is 0 Å². The zero-order valence-electron chi connectivity index (χ0n) is 10.5. The first-order valence-corrected chi connectivity index (χ1v) is 5.54. The topological polar surface area (TPSA) is 48.7 Å². The van der Waals surface area contributed by atoms with Crippen LogP contribution in [0.4, 0.5) is 0 Å². The first-order chi connectivity index (χ1) is 7.42. The largest absolute Gasteiger partial charge is 0.312 e. The summed E-state index contributed by atoms with van der Waals surface area (Å²) in [6.45, 7) is 9.19. The van der Waals surface area contributed by atoms with E-state index in [-0.39, 0.29) is 5.54 Å². The number of nitriles is 1. The summed E-state index contributed by atoms with van der Waals surface area (Å²) >= 11 is 0. The van der Waals surface area contributed by atoms with Crippen molar-refractivity contribution in [3.05, 3.63) is 29.1 Å². The first-order valence-electron chi connectivity index (χ1n) is 5.54. The minimum Gasteiger partial charge on any atom is -0.312 e. The molecular weight excluding hydrogens is 198 g/mol. The van der Waals surface area contributed by atoms with Crippen LogP contribution in [0, 0.1) is 18.3 Å². The van der Waals surface area contributed by atoms with Crippen molar-refractivity contribution in [1.29, 1.82) is 5.26 Å². The normalized spacial score (nSPS) is 11.2. The second kappa shape index (κ2) is 5.09. The summed E-state index contributed by atoms with van der Waals surface area (Å²) in [7, 11) is 0. The zero-order valence-corrected chi connectivity index (χ0v) is 10.5. The number of rotatable bonds is 3. The Morgan fingerprint density at radius 3 is 2.62 bits per heavy atom. The third kappa shape index (κ3) is 4.00. The van der Waals surface area contributed by atoms with Gasteiger partial charge in [-0.05, 0) is 39.3 Å². The number of aromatic nitrogens is 1. The van der Waals surface area contributed by atoms with Crippen molar-refractivity contribution in [1.82, 2.24) is 10.3 Å². The van der Waals surface area contributed by atoms with Gasteiger partial charge in [0.2, 0.25) is 0 Å². The molecule has 86 valence electrons. The Bertz CT molecular complexity index is 397. The summed E-state index contributed by atoms with van der Waals surface area (Å²) in [5, 5.41) is 12.3. The van der Waals surface area contributed by atoms with Gasteiger partial charge in [0.15, 0.2) is 0 Å². The molecule has 3 heteroatoms. The molecule has 0 aliphatic heterocycles. The maximum absolute atomic E-state index is 8.87. The number of nitrogens with zero attached hydrogens (tertiary/aromatic N) is 2. The lowest BCUT2D eigenvalue weighted by Crippen LogP contribution is -2.37.